The molecule has 0 fully saturated rings. The molecule has 0 saturated heterocycles. The van der Waals surface area contributed by atoms with Crippen LogP contribution in [0, 0.1) is 5.82 Å². The van der Waals surface area contributed by atoms with Gasteiger partial charge in [0, 0.05) is 13.6 Å². The second-order valence-electron chi connectivity index (χ2n) is 5.66. The predicted octanol–water partition coefficient (Wildman–Crippen LogP) is 1.40. The Labute approximate surface area is 160 Å². The molecular formula is C18H20FN3O4S. The Kier molecular flexibility index (Phi) is 7.30. The molecule has 2 rings (SSSR count). The van der Waals surface area contributed by atoms with Crippen LogP contribution in [-0.4, -0.2) is 49.9 Å². The van der Waals surface area contributed by atoms with Gasteiger partial charge in [-0.15, -0.1) is 11.3 Å². The lowest BCUT2D eigenvalue weighted by Crippen LogP contribution is -2.42. The summed E-state index contributed by atoms with van der Waals surface area (Å²) in [4.78, 5) is 37.5. The summed E-state index contributed by atoms with van der Waals surface area (Å²) in [5.74, 6) is -1.54. The first-order valence-electron chi connectivity index (χ1n) is 8.05. The fraction of sp³-hybridized carbons (Fsp3) is 0.278. The normalized spacial score (nSPS) is 10.2. The highest BCUT2D eigenvalue weighted by Crippen LogP contribution is 2.18. The Balaban J connectivity index is 1.74. The monoisotopic (exact) mass is 393 g/mol. The van der Waals surface area contributed by atoms with Crippen LogP contribution in [-0.2, 0) is 16.1 Å². The molecule has 0 unspecified atom stereocenters. The van der Waals surface area contributed by atoms with Crippen LogP contribution in [0.3, 0.4) is 0 Å². The minimum absolute atomic E-state index is 0.129. The zero-order valence-corrected chi connectivity index (χ0v) is 15.8. The number of hydrogen-bond donors (Lipinski definition) is 2. The van der Waals surface area contributed by atoms with Crippen LogP contribution in [0.15, 0.2) is 35.7 Å². The van der Waals surface area contributed by atoms with Crippen molar-refractivity contribution in [3.63, 3.8) is 0 Å². The van der Waals surface area contributed by atoms with Crippen LogP contribution in [0.1, 0.15) is 15.2 Å². The van der Waals surface area contributed by atoms with E-state index in [9.17, 15) is 18.8 Å². The number of likely N-dealkylation sites (N-methyl/N-ethyl adjacent to an activating group) is 1. The highest BCUT2D eigenvalue weighted by molar-refractivity contribution is 7.12. The van der Waals surface area contributed by atoms with E-state index in [1.165, 1.54) is 35.5 Å². The van der Waals surface area contributed by atoms with Gasteiger partial charge < -0.3 is 20.3 Å². The maximum Gasteiger partial charge on any atom is 0.261 e. The Hall–Kier alpha value is -2.94. The van der Waals surface area contributed by atoms with Gasteiger partial charge in [-0.25, -0.2) is 4.39 Å². The van der Waals surface area contributed by atoms with E-state index in [4.69, 9.17) is 4.74 Å². The number of benzene rings is 1. The van der Waals surface area contributed by atoms with Crippen molar-refractivity contribution in [3.05, 3.63) is 52.0 Å². The van der Waals surface area contributed by atoms with Crippen molar-refractivity contribution in [2.75, 3.05) is 27.2 Å². The van der Waals surface area contributed by atoms with E-state index in [0.717, 1.165) is 0 Å². The van der Waals surface area contributed by atoms with Gasteiger partial charge in [0.25, 0.3) is 5.91 Å². The molecule has 0 spiro atoms. The molecule has 1 aromatic carbocycles. The van der Waals surface area contributed by atoms with E-state index < -0.39 is 11.7 Å². The van der Waals surface area contributed by atoms with Crippen LogP contribution in [0.4, 0.5) is 4.39 Å². The first-order chi connectivity index (χ1) is 12.9. The molecule has 27 heavy (non-hydrogen) atoms. The van der Waals surface area contributed by atoms with Crippen molar-refractivity contribution < 1.29 is 23.5 Å². The lowest BCUT2D eigenvalue weighted by Gasteiger charge is -2.18. The predicted molar refractivity (Wildman–Crippen MR) is 99.1 cm³/mol. The summed E-state index contributed by atoms with van der Waals surface area (Å²) in [6.07, 6.45) is 0. The summed E-state index contributed by atoms with van der Waals surface area (Å²) in [6, 6.07) is 7.83. The van der Waals surface area contributed by atoms with E-state index in [1.54, 1.807) is 30.6 Å². The zero-order valence-electron chi connectivity index (χ0n) is 15.0. The number of halogens is 1. The number of carbonyl (C=O) groups is 3. The van der Waals surface area contributed by atoms with Gasteiger partial charge in [0.15, 0.2) is 11.6 Å². The van der Waals surface area contributed by atoms with Gasteiger partial charge in [0.2, 0.25) is 11.8 Å². The van der Waals surface area contributed by atoms with Crippen LogP contribution < -0.4 is 15.4 Å². The highest BCUT2D eigenvalue weighted by Gasteiger charge is 2.13. The van der Waals surface area contributed by atoms with Crippen LogP contribution in [0.25, 0.3) is 0 Å². The van der Waals surface area contributed by atoms with Gasteiger partial charge in [-0.3, -0.25) is 14.4 Å². The summed E-state index contributed by atoms with van der Waals surface area (Å²) in [6.45, 7) is -0.259. The summed E-state index contributed by atoms with van der Waals surface area (Å²) in [5, 5.41) is 6.68. The SMILES string of the molecule is COc1ccc(CN(C)C(=O)CNC(=O)CNC(=O)c2cccs2)cc1F. The average molecular weight is 393 g/mol. The number of carbonyl (C=O) groups excluding carboxylic acids is 3. The number of methoxy groups -OCH3 is 1. The second kappa shape index (κ2) is 9.67. The van der Waals surface area contributed by atoms with Crippen molar-refractivity contribution >= 4 is 29.1 Å². The maximum absolute atomic E-state index is 13.7. The Morgan fingerprint density at radius 3 is 2.59 bits per heavy atom. The molecule has 0 bridgehead atoms. The van der Waals surface area contributed by atoms with Crippen LogP contribution >= 0.6 is 11.3 Å². The van der Waals surface area contributed by atoms with E-state index in [1.807, 2.05) is 0 Å². The van der Waals surface area contributed by atoms with Gasteiger partial charge >= 0.3 is 0 Å². The number of hydrogen-bond acceptors (Lipinski definition) is 5. The number of ether oxygens (including phenoxy) is 1. The van der Waals surface area contributed by atoms with Crippen molar-refractivity contribution in [3.8, 4) is 5.75 Å². The van der Waals surface area contributed by atoms with Crippen molar-refractivity contribution in [1.82, 2.24) is 15.5 Å². The Bertz CT molecular complexity index is 811. The fourth-order valence-electron chi connectivity index (χ4n) is 2.20. The van der Waals surface area contributed by atoms with Gasteiger partial charge in [-0.1, -0.05) is 12.1 Å². The molecule has 0 aliphatic carbocycles. The first kappa shape index (κ1) is 20.4. The van der Waals surface area contributed by atoms with Gasteiger partial charge in [0.05, 0.1) is 25.1 Å². The first-order valence-corrected chi connectivity index (χ1v) is 8.93. The smallest absolute Gasteiger partial charge is 0.261 e. The quantitative estimate of drug-likeness (QED) is 0.710. The average Bonchev–Trinajstić information content (AvgIpc) is 3.19. The molecule has 9 heteroatoms. The third-order valence-electron chi connectivity index (χ3n) is 3.65. The molecule has 1 aromatic heterocycles. The molecule has 1 heterocycles. The van der Waals surface area contributed by atoms with Gasteiger partial charge in [-0.05, 0) is 29.1 Å². The minimum Gasteiger partial charge on any atom is -0.494 e. The lowest BCUT2D eigenvalue weighted by atomic mass is 10.2. The topological polar surface area (TPSA) is 87.7 Å². The number of nitrogens with zero attached hydrogens (tertiary/aromatic N) is 1. The lowest BCUT2D eigenvalue weighted by molar-refractivity contribution is -0.132. The molecule has 0 aliphatic rings. The second-order valence-corrected chi connectivity index (χ2v) is 6.60. The fourth-order valence-corrected chi connectivity index (χ4v) is 2.84. The molecule has 2 aromatic rings. The van der Waals surface area contributed by atoms with E-state index >= 15 is 0 Å². The molecule has 0 aliphatic heterocycles. The van der Waals surface area contributed by atoms with Crippen LogP contribution in [0.5, 0.6) is 5.75 Å². The summed E-state index contributed by atoms with van der Waals surface area (Å²) in [7, 11) is 2.93. The third-order valence-corrected chi connectivity index (χ3v) is 4.52. The van der Waals surface area contributed by atoms with E-state index in [2.05, 4.69) is 10.6 Å². The summed E-state index contributed by atoms with van der Waals surface area (Å²) < 4.78 is 18.5. The van der Waals surface area contributed by atoms with E-state index in [-0.39, 0.29) is 37.2 Å². The third kappa shape index (κ3) is 6.07. The number of nitrogens with one attached hydrogen (secondary N) is 2. The molecule has 0 radical (unpaired) electrons. The molecule has 144 valence electrons. The largest absolute Gasteiger partial charge is 0.494 e. The number of rotatable bonds is 8. The molecular weight excluding hydrogens is 373 g/mol. The summed E-state index contributed by atoms with van der Waals surface area (Å²) >= 11 is 1.27. The molecule has 0 saturated carbocycles. The van der Waals surface area contributed by atoms with Crippen molar-refractivity contribution in [2.24, 2.45) is 0 Å². The number of amides is 3. The zero-order chi connectivity index (χ0) is 19.8. The standard InChI is InChI=1S/C18H20FN3O4S/c1-22(11-12-5-6-14(26-2)13(19)8-12)17(24)10-20-16(23)9-21-18(25)15-4-3-7-27-15/h3-8H,9-11H2,1-2H3,(H,20,23)(H,21,25). The van der Waals surface area contributed by atoms with Crippen molar-refractivity contribution in [1.29, 1.82) is 0 Å². The Morgan fingerprint density at radius 2 is 1.96 bits per heavy atom. The van der Waals surface area contributed by atoms with Crippen LogP contribution in [0.2, 0.25) is 0 Å². The molecule has 7 nitrogen and oxygen atoms in total. The summed E-state index contributed by atoms with van der Waals surface area (Å²) in [5.41, 5.74) is 0.596. The van der Waals surface area contributed by atoms with Crippen molar-refractivity contribution in [2.45, 2.75) is 6.54 Å². The highest BCUT2D eigenvalue weighted by atomic mass is 32.1. The van der Waals surface area contributed by atoms with E-state index in [0.29, 0.717) is 10.4 Å². The Morgan fingerprint density at radius 1 is 1.19 bits per heavy atom. The maximum atomic E-state index is 13.7. The minimum atomic E-state index is -0.509. The van der Waals surface area contributed by atoms with Gasteiger partial charge in [0.1, 0.15) is 0 Å². The molecule has 3 amide bonds. The molecule has 0 atom stereocenters. The van der Waals surface area contributed by atoms with Gasteiger partial charge in [-0.2, -0.15) is 0 Å². The number of thiophene rings is 1. The molecule has 2 N–H and O–H groups in total.